The highest BCUT2D eigenvalue weighted by atomic mass is 16.5. The van der Waals surface area contributed by atoms with Gasteiger partial charge in [-0.2, -0.15) is 0 Å². The second-order valence-corrected chi connectivity index (χ2v) is 4.89. The molecule has 0 saturated heterocycles. The number of carbonyl (C=O) groups is 1. The summed E-state index contributed by atoms with van der Waals surface area (Å²) < 4.78 is 5.29. The Morgan fingerprint density at radius 2 is 1.82 bits per heavy atom. The fourth-order valence-electron chi connectivity index (χ4n) is 2.08. The Bertz CT molecular complexity index is 479. The van der Waals surface area contributed by atoms with E-state index >= 15 is 0 Å². The highest BCUT2D eigenvalue weighted by molar-refractivity contribution is 5.94. The average molecular weight is 305 g/mol. The van der Waals surface area contributed by atoms with Crippen molar-refractivity contribution in [1.82, 2.24) is 10.2 Å². The predicted molar refractivity (Wildman–Crippen MR) is 91.0 cm³/mol. The van der Waals surface area contributed by atoms with Gasteiger partial charge in [0.2, 0.25) is 0 Å². The molecule has 1 aromatic rings. The molecule has 0 saturated carbocycles. The first-order valence-corrected chi connectivity index (χ1v) is 7.89. The third-order valence-electron chi connectivity index (χ3n) is 3.38. The zero-order valence-electron chi connectivity index (χ0n) is 14.1. The molecule has 1 rings (SSSR count). The molecule has 0 bridgehead atoms. The van der Waals surface area contributed by atoms with Gasteiger partial charge in [0.1, 0.15) is 0 Å². The van der Waals surface area contributed by atoms with Gasteiger partial charge in [-0.25, -0.2) is 4.99 Å². The quantitative estimate of drug-likeness (QED) is 0.593. The van der Waals surface area contributed by atoms with Crippen LogP contribution in [0.15, 0.2) is 29.3 Å². The molecule has 0 radical (unpaired) electrons. The monoisotopic (exact) mass is 305 g/mol. The Kier molecular flexibility index (Phi) is 8.22. The number of nitrogens with zero attached hydrogens (tertiary/aromatic N) is 2. The lowest BCUT2D eigenvalue weighted by atomic mass is 10.2. The molecule has 5 heteroatoms. The number of amides is 1. The van der Waals surface area contributed by atoms with Crippen molar-refractivity contribution in [1.29, 1.82) is 0 Å². The molecule has 0 atom stereocenters. The van der Waals surface area contributed by atoms with Crippen LogP contribution in [0.2, 0.25) is 0 Å². The number of nitrogens with one attached hydrogen (secondary N) is 1. The van der Waals surface area contributed by atoms with Gasteiger partial charge in [0.05, 0.1) is 12.3 Å². The molecule has 1 aromatic carbocycles. The molecular formula is C17H27N3O2. The Balaban J connectivity index is 2.52. The van der Waals surface area contributed by atoms with Crippen LogP contribution in [0.4, 0.5) is 5.69 Å². The van der Waals surface area contributed by atoms with E-state index in [1.54, 1.807) is 12.1 Å². The number of hydrogen-bond donors (Lipinski definition) is 1. The molecule has 22 heavy (non-hydrogen) atoms. The maximum atomic E-state index is 12.0. The zero-order valence-corrected chi connectivity index (χ0v) is 14.1. The van der Waals surface area contributed by atoms with Crippen molar-refractivity contribution in [3.63, 3.8) is 0 Å². The van der Waals surface area contributed by atoms with Crippen LogP contribution in [0.1, 0.15) is 38.1 Å². The van der Waals surface area contributed by atoms with E-state index in [0.717, 1.165) is 25.3 Å². The molecule has 0 spiro atoms. The van der Waals surface area contributed by atoms with E-state index in [-0.39, 0.29) is 5.91 Å². The number of aliphatic imine (C=N–C) groups is 1. The van der Waals surface area contributed by atoms with Crippen LogP contribution in [0.3, 0.4) is 0 Å². The first-order chi connectivity index (χ1) is 10.6. The third-order valence-corrected chi connectivity index (χ3v) is 3.38. The smallest absolute Gasteiger partial charge is 0.251 e. The van der Waals surface area contributed by atoms with E-state index in [2.05, 4.69) is 29.1 Å². The van der Waals surface area contributed by atoms with Gasteiger partial charge < -0.3 is 15.0 Å². The van der Waals surface area contributed by atoms with E-state index in [4.69, 9.17) is 4.74 Å². The van der Waals surface area contributed by atoms with E-state index in [1.807, 2.05) is 26.0 Å². The van der Waals surface area contributed by atoms with Crippen LogP contribution < -0.4 is 5.32 Å². The number of likely N-dealkylation sites (N-methyl/N-ethyl adjacent to an activating group) is 1. The van der Waals surface area contributed by atoms with Gasteiger partial charge in [0.25, 0.3) is 5.91 Å². The van der Waals surface area contributed by atoms with Gasteiger partial charge in [0.15, 0.2) is 5.90 Å². The van der Waals surface area contributed by atoms with Crippen molar-refractivity contribution in [3.05, 3.63) is 29.8 Å². The van der Waals surface area contributed by atoms with E-state index in [9.17, 15) is 4.79 Å². The molecular weight excluding hydrogens is 278 g/mol. The molecule has 122 valence electrons. The maximum absolute atomic E-state index is 12.0. The molecule has 0 fully saturated rings. The lowest BCUT2D eigenvalue weighted by molar-refractivity contribution is 0.0949. The summed E-state index contributed by atoms with van der Waals surface area (Å²) in [5.41, 5.74) is 1.43. The van der Waals surface area contributed by atoms with Crippen LogP contribution in [0.5, 0.6) is 0 Å². The lowest BCUT2D eigenvalue weighted by Gasteiger charge is -2.17. The summed E-state index contributed by atoms with van der Waals surface area (Å²) >= 11 is 0. The standard InChI is InChI=1S/C17H27N3O2/c1-5-20(6-2)13-12-18-17(21)15-8-10-16(11-9-15)19-14(4)22-7-3/h8-11H,5-7,12-13H2,1-4H3,(H,18,21). The second-order valence-electron chi connectivity index (χ2n) is 4.89. The first-order valence-electron chi connectivity index (χ1n) is 7.89. The summed E-state index contributed by atoms with van der Waals surface area (Å²) in [6.45, 7) is 12.1. The van der Waals surface area contributed by atoms with Crippen molar-refractivity contribution >= 4 is 17.5 Å². The summed E-state index contributed by atoms with van der Waals surface area (Å²) in [6.07, 6.45) is 0. The van der Waals surface area contributed by atoms with Crippen molar-refractivity contribution in [3.8, 4) is 0 Å². The largest absolute Gasteiger partial charge is 0.481 e. The van der Waals surface area contributed by atoms with Crippen LogP contribution >= 0.6 is 0 Å². The summed E-state index contributed by atoms with van der Waals surface area (Å²) in [5, 5.41) is 2.94. The van der Waals surface area contributed by atoms with Gasteiger partial charge in [-0.3, -0.25) is 4.79 Å². The lowest BCUT2D eigenvalue weighted by Crippen LogP contribution is -2.34. The molecule has 0 aliphatic heterocycles. The first kappa shape index (κ1) is 18.2. The van der Waals surface area contributed by atoms with Crippen LogP contribution in [-0.2, 0) is 4.74 Å². The zero-order chi connectivity index (χ0) is 16.4. The minimum atomic E-state index is -0.0517. The summed E-state index contributed by atoms with van der Waals surface area (Å²) in [5.74, 6) is 0.572. The van der Waals surface area contributed by atoms with E-state index in [0.29, 0.717) is 24.6 Å². The second kappa shape index (κ2) is 9.95. The molecule has 0 heterocycles. The fourth-order valence-corrected chi connectivity index (χ4v) is 2.08. The van der Waals surface area contributed by atoms with Crippen molar-refractivity contribution in [2.75, 3.05) is 32.8 Å². The molecule has 1 amide bonds. The van der Waals surface area contributed by atoms with Gasteiger partial charge in [-0.05, 0) is 44.3 Å². The Hall–Kier alpha value is -1.88. The number of benzene rings is 1. The number of rotatable bonds is 8. The number of carbonyl (C=O) groups excluding carboxylic acids is 1. The molecule has 1 N–H and O–H groups in total. The average Bonchev–Trinajstić information content (AvgIpc) is 2.52. The number of hydrogen-bond acceptors (Lipinski definition) is 4. The van der Waals surface area contributed by atoms with E-state index in [1.165, 1.54) is 0 Å². The van der Waals surface area contributed by atoms with Gasteiger partial charge >= 0.3 is 0 Å². The van der Waals surface area contributed by atoms with Crippen molar-refractivity contribution < 1.29 is 9.53 Å². The molecule has 0 unspecified atom stereocenters. The molecule has 0 aromatic heterocycles. The molecule has 0 aliphatic carbocycles. The summed E-state index contributed by atoms with van der Waals surface area (Å²) in [6, 6.07) is 7.21. The van der Waals surface area contributed by atoms with E-state index < -0.39 is 0 Å². The van der Waals surface area contributed by atoms with Crippen LogP contribution in [-0.4, -0.2) is 49.5 Å². The molecule has 5 nitrogen and oxygen atoms in total. The Morgan fingerprint density at radius 3 is 2.36 bits per heavy atom. The summed E-state index contributed by atoms with van der Waals surface area (Å²) in [4.78, 5) is 18.6. The van der Waals surface area contributed by atoms with Gasteiger partial charge in [-0.1, -0.05) is 13.8 Å². The van der Waals surface area contributed by atoms with Crippen LogP contribution in [0.25, 0.3) is 0 Å². The Labute approximate surface area is 133 Å². The highest BCUT2D eigenvalue weighted by Crippen LogP contribution is 2.13. The SMILES string of the molecule is CCOC(C)=Nc1ccc(C(=O)NCCN(CC)CC)cc1. The van der Waals surface area contributed by atoms with Crippen molar-refractivity contribution in [2.45, 2.75) is 27.7 Å². The highest BCUT2D eigenvalue weighted by Gasteiger charge is 2.06. The van der Waals surface area contributed by atoms with Gasteiger partial charge in [-0.15, -0.1) is 0 Å². The minimum Gasteiger partial charge on any atom is -0.481 e. The fraction of sp³-hybridized carbons (Fsp3) is 0.529. The van der Waals surface area contributed by atoms with Crippen molar-refractivity contribution in [2.24, 2.45) is 4.99 Å². The van der Waals surface area contributed by atoms with Gasteiger partial charge in [0, 0.05) is 25.6 Å². The maximum Gasteiger partial charge on any atom is 0.251 e. The van der Waals surface area contributed by atoms with Crippen LogP contribution in [0, 0.1) is 0 Å². The minimum absolute atomic E-state index is 0.0517. The summed E-state index contributed by atoms with van der Waals surface area (Å²) in [7, 11) is 0. The third kappa shape index (κ3) is 6.26. The number of ether oxygens (including phenoxy) is 1. The Morgan fingerprint density at radius 1 is 1.18 bits per heavy atom. The predicted octanol–water partition coefficient (Wildman–Crippen LogP) is 2.84. The normalized spacial score (nSPS) is 11.6. The topological polar surface area (TPSA) is 53.9 Å². The molecule has 0 aliphatic rings.